The van der Waals surface area contributed by atoms with Gasteiger partial charge in [-0.05, 0) is 12.2 Å². The van der Waals surface area contributed by atoms with E-state index in [1.54, 1.807) is 14.1 Å². The van der Waals surface area contributed by atoms with Crippen molar-refractivity contribution in [3.05, 3.63) is 0 Å². The Hall–Kier alpha value is -0.310. The smallest absolute Gasteiger partial charge is 0.165 e. The van der Waals surface area contributed by atoms with Gasteiger partial charge < -0.3 is 10.6 Å². The minimum absolute atomic E-state index is 0. The maximum Gasteiger partial charge on any atom is 0.165 e. The van der Waals surface area contributed by atoms with Crippen molar-refractivity contribution in [2.24, 2.45) is 0 Å². The normalized spacial score (nSPS) is 6.00. The molecule has 3 heteroatoms. The number of hydrogen-bond donors (Lipinski definition) is 2. The highest BCUT2D eigenvalue weighted by atomic mass is 32.1. The highest BCUT2D eigenvalue weighted by molar-refractivity contribution is 7.80. The van der Waals surface area contributed by atoms with E-state index in [-0.39, 0.29) is 7.43 Å². The minimum Gasteiger partial charge on any atom is -0.366 e. The molecule has 0 rings (SSSR count). The van der Waals surface area contributed by atoms with Gasteiger partial charge in [0.2, 0.25) is 0 Å². The average molecular weight is 120 g/mol. The van der Waals surface area contributed by atoms with Crippen LogP contribution in [0.25, 0.3) is 0 Å². The summed E-state index contributed by atoms with van der Waals surface area (Å²) in [6.45, 7) is 0. The molecule has 0 aliphatic rings. The summed E-state index contributed by atoms with van der Waals surface area (Å²) >= 11 is 4.63. The van der Waals surface area contributed by atoms with Gasteiger partial charge in [-0.1, -0.05) is 7.43 Å². The third-order valence-electron chi connectivity index (χ3n) is 0.454. The molecule has 0 aromatic carbocycles. The van der Waals surface area contributed by atoms with Gasteiger partial charge in [-0.15, -0.1) is 0 Å². The highest BCUT2D eigenvalue weighted by Gasteiger charge is 1.75. The molecule has 2 N–H and O–H groups in total. The molecule has 0 amide bonds. The van der Waals surface area contributed by atoms with E-state index in [1.165, 1.54) is 0 Å². The Bertz CT molecular complexity index is 47.7. The number of hydrogen-bond acceptors (Lipinski definition) is 1. The predicted octanol–water partition coefficient (Wildman–Crippen LogP) is 0.346. The zero-order chi connectivity index (χ0) is 4.99. The van der Waals surface area contributed by atoms with Crippen LogP contribution in [0.4, 0.5) is 0 Å². The average Bonchev–Trinajstić information content (AvgIpc) is 1.65. The molecule has 0 heterocycles. The first-order chi connectivity index (χ1) is 2.81. The molecule has 0 fully saturated rings. The second-order valence-corrected chi connectivity index (χ2v) is 1.24. The molecular formula is C4H12N2S. The van der Waals surface area contributed by atoms with Gasteiger partial charge in [-0.3, -0.25) is 0 Å². The van der Waals surface area contributed by atoms with Crippen LogP contribution in [0.3, 0.4) is 0 Å². The van der Waals surface area contributed by atoms with Crippen LogP contribution in [-0.4, -0.2) is 19.2 Å². The summed E-state index contributed by atoms with van der Waals surface area (Å²) in [7, 11) is 3.55. The molecule has 0 saturated carbocycles. The Morgan fingerprint density at radius 3 is 1.57 bits per heavy atom. The van der Waals surface area contributed by atoms with Crippen LogP contribution in [0.15, 0.2) is 0 Å². The first-order valence-electron chi connectivity index (χ1n) is 1.70. The maximum absolute atomic E-state index is 4.63. The van der Waals surface area contributed by atoms with E-state index in [4.69, 9.17) is 0 Å². The molecule has 0 atom stereocenters. The standard InChI is InChI=1S/C3H8N2S.CH4/c1-4-3(6)5-2;/h1-2H3,(H2,4,5,6);1H4. The van der Waals surface area contributed by atoms with Crippen molar-refractivity contribution in [2.75, 3.05) is 14.1 Å². The molecule has 0 spiro atoms. The van der Waals surface area contributed by atoms with Crippen molar-refractivity contribution in [3.8, 4) is 0 Å². The number of rotatable bonds is 0. The van der Waals surface area contributed by atoms with Crippen LogP contribution in [0.1, 0.15) is 7.43 Å². The van der Waals surface area contributed by atoms with Crippen LogP contribution in [0.2, 0.25) is 0 Å². The lowest BCUT2D eigenvalue weighted by atomic mass is 11.0. The van der Waals surface area contributed by atoms with Gasteiger partial charge in [-0.2, -0.15) is 0 Å². The van der Waals surface area contributed by atoms with Crippen molar-refractivity contribution < 1.29 is 0 Å². The summed E-state index contributed by atoms with van der Waals surface area (Å²) in [5.41, 5.74) is 0. The fourth-order valence-corrected chi connectivity index (χ4v) is 0.125. The second-order valence-electron chi connectivity index (χ2n) is 0.829. The van der Waals surface area contributed by atoms with Crippen molar-refractivity contribution in [1.29, 1.82) is 0 Å². The quantitative estimate of drug-likeness (QED) is 0.451. The van der Waals surface area contributed by atoms with Crippen LogP contribution >= 0.6 is 12.2 Å². The molecule has 0 bridgehead atoms. The van der Waals surface area contributed by atoms with Gasteiger partial charge >= 0.3 is 0 Å². The Labute approximate surface area is 50.3 Å². The summed E-state index contributed by atoms with van der Waals surface area (Å²) in [5, 5.41) is 6.15. The lowest BCUT2D eigenvalue weighted by Gasteiger charge is -1.95. The molecule has 0 aromatic heterocycles. The van der Waals surface area contributed by atoms with Gasteiger partial charge in [0.25, 0.3) is 0 Å². The maximum atomic E-state index is 4.63. The van der Waals surface area contributed by atoms with E-state index in [9.17, 15) is 0 Å². The molecule has 0 aromatic rings. The van der Waals surface area contributed by atoms with Gasteiger partial charge in [-0.25, -0.2) is 0 Å². The number of thiocarbonyl (C=S) groups is 1. The summed E-state index contributed by atoms with van der Waals surface area (Å²) in [5.74, 6) is 0. The SMILES string of the molecule is C.CNC(=S)NC. The third kappa shape index (κ3) is 5.69. The fraction of sp³-hybridized carbons (Fsp3) is 0.750. The molecule has 0 aliphatic heterocycles. The van der Waals surface area contributed by atoms with E-state index in [0.717, 1.165) is 0 Å². The molecular weight excluding hydrogens is 108 g/mol. The van der Waals surface area contributed by atoms with Gasteiger partial charge in [0, 0.05) is 14.1 Å². The lowest BCUT2D eigenvalue weighted by molar-refractivity contribution is 1.06. The summed E-state index contributed by atoms with van der Waals surface area (Å²) in [4.78, 5) is 0. The van der Waals surface area contributed by atoms with Crippen LogP contribution < -0.4 is 10.6 Å². The summed E-state index contributed by atoms with van der Waals surface area (Å²) in [6, 6.07) is 0. The van der Waals surface area contributed by atoms with E-state index < -0.39 is 0 Å². The van der Waals surface area contributed by atoms with Crippen molar-refractivity contribution in [1.82, 2.24) is 10.6 Å². The largest absolute Gasteiger partial charge is 0.366 e. The fourth-order valence-electron chi connectivity index (χ4n) is 0.125. The molecule has 0 saturated heterocycles. The van der Waals surface area contributed by atoms with E-state index in [2.05, 4.69) is 22.9 Å². The molecule has 0 unspecified atom stereocenters. The molecule has 0 aliphatic carbocycles. The predicted molar refractivity (Wildman–Crippen MR) is 37.4 cm³/mol. The number of nitrogens with one attached hydrogen (secondary N) is 2. The topological polar surface area (TPSA) is 24.1 Å². The Morgan fingerprint density at radius 2 is 1.57 bits per heavy atom. The third-order valence-corrected chi connectivity index (χ3v) is 0.862. The monoisotopic (exact) mass is 120 g/mol. The van der Waals surface area contributed by atoms with Gasteiger partial charge in [0.15, 0.2) is 5.11 Å². The zero-order valence-electron chi connectivity index (χ0n) is 3.91. The Balaban J connectivity index is 0. The first kappa shape index (κ1) is 9.85. The summed E-state index contributed by atoms with van der Waals surface area (Å²) < 4.78 is 0. The molecule has 0 radical (unpaired) electrons. The van der Waals surface area contributed by atoms with Crippen molar-refractivity contribution in [2.45, 2.75) is 7.43 Å². The Kier molecular flexibility index (Phi) is 8.00. The zero-order valence-corrected chi connectivity index (χ0v) is 4.72. The van der Waals surface area contributed by atoms with Crippen molar-refractivity contribution >= 4 is 17.3 Å². The van der Waals surface area contributed by atoms with E-state index in [1.807, 2.05) is 0 Å². The van der Waals surface area contributed by atoms with Gasteiger partial charge in [0.05, 0.1) is 0 Å². The van der Waals surface area contributed by atoms with Crippen LogP contribution in [0.5, 0.6) is 0 Å². The van der Waals surface area contributed by atoms with E-state index in [0.29, 0.717) is 5.11 Å². The molecule has 7 heavy (non-hydrogen) atoms. The van der Waals surface area contributed by atoms with Crippen LogP contribution in [0, 0.1) is 0 Å². The Morgan fingerprint density at radius 1 is 1.29 bits per heavy atom. The second kappa shape index (κ2) is 5.69. The van der Waals surface area contributed by atoms with Crippen LogP contribution in [-0.2, 0) is 0 Å². The minimum atomic E-state index is 0. The first-order valence-corrected chi connectivity index (χ1v) is 2.11. The lowest BCUT2D eigenvalue weighted by Crippen LogP contribution is -2.28. The summed E-state index contributed by atoms with van der Waals surface area (Å²) in [6.07, 6.45) is 0. The highest BCUT2D eigenvalue weighted by Crippen LogP contribution is 1.52. The van der Waals surface area contributed by atoms with E-state index >= 15 is 0 Å². The molecule has 44 valence electrons. The van der Waals surface area contributed by atoms with Gasteiger partial charge in [0.1, 0.15) is 0 Å². The molecule has 2 nitrogen and oxygen atoms in total. The van der Waals surface area contributed by atoms with Crippen molar-refractivity contribution in [3.63, 3.8) is 0 Å².